The number of esters is 1. The monoisotopic (exact) mass is 273 g/mol. The fourth-order valence-electron chi connectivity index (χ4n) is 2.48. The van der Waals surface area contributed by atoms with Gasteiger partial charge < -0.3 is 4.74 Å². The molecule has 0 aliphatic carbocycles. The molecule has 20 heavy (non-hydrogen) atoms. The molecule has 0 spiro atoms. The molecule has 0 bridgehead atoms. The summed E-state index contributed by atoms with van der Waals surface area (Å²) in [6.07, 6.45) is 0.583. The Bertz CT molecular complexity index is 506. The van der Waals surface area contributed by atoms with Gasteiger partial charge in [-0.05, 0) is 18.9 Å². The Morgan fingerprint density at radius 3 is 2.80 bits per heavy atom. The molecule has 106 valence electrons. The van der Waals surface area contributed by atoms with E-state index < -0.39 is 5.92 Å². The van der Waals surface area contributed by atoms with Crippen molar-refractivity contribution in [1.29, 1.82) is 0 Å². The van der Waals surface area contributed by atoms with Crippen LogP contribution in [0, 0.1) is 5.92 Å². The van der Waals surface area contributed by atoms with E-state index in [9.17, 15) is 9.59 Å². The van der Waals surface area contributed by atoms with Crippen LogP contribution in [-0.2, 0) is 20.9 Å². The highest BCUT2D eigenvalue weighted by Gasteiger charge is 2.31. The molecule has 0 saturated carbocycles. The lowest BCUT2D eigenvalue weighted by Gasteiger charge is -2.31. The van der Waals surface area contributed by atoms with E-state index in [4.69, 9.17) is 4.74 Å². The first-order valence-corrected chi connectivity index (χ1v) is 6.91. The summed E-state index contributed by atoms with van der Waals surface area (Å²) < 4.78 is 5.05. The summed E-state index contributed by atoms with van der Waals surface area (Å²) in [5, 5.41) is 0. The third kappa shape index (κ3) is 3.56. The number of hydrogen-bond donors (Lipinski definition) is 0. The van der Waals surface area contributed by atoms with Crippen molar-refractivity contribution in [2.75, 3.05) is 19.7 Å². The van der Waals surface area contributed by atoms with Gasteiger partial charge in [0.1, 0.15) is 11.9 Å². The Morgan fingerprint density at radius 2 is 2.15 bits per heavy atom. The second kappa shape index (κ2) is 7.04. The number of piperidine rings is 1. The quantitative estimate of drug-likeness (QED) is 0.620. The first-order valence-electron chi connectivity index (χ1n) is 6.91. The molecule has 1 atom stereocenters. The van der Waals surface area contributed by atoms with Gasteiger partial charge in [-0.15, -0.1) is 0 Å². The lowest BCUT2D eigenvalue weighted by molar-refractivity contribution is -0.147. The zero-order chi connectivity index (χ0) is 14.4. The zero-order valence-electron chi connectivity index (χ0n) is 11.7. The van der Waals surface area contributed by atoms with Crippen LogP contribution in [0.25, 0.3) is 0 Å². The molecule has 1 saturated heterocycles. The van der Waals surface area contributed by atoms with E-state index in [2.05, 4.69) is 17.0 Å². The van der Waals surface area contributed by atoms with Crippen molar-refractivity contribution in [3.8, 4) is 0 Å². The summed E-state index contributed by atoms with van der Waals surface area (Å²) in [5.41, 5.74) is 1.74. The zero-order valence-corrected chi connectivity index (χ0v) is 11.7. The minimum absolute atomic E-state index is 0.316. The topological polar surface area (TPSA) is 46.6 Å². The summed E-state index contributed by atoms with van der Waals surface area (Å²) in [7, 11) is 0. The van der Waals surface area contributed by atoms with E-state index in [0.29, 0.717) is 25.1 Å². The molecule has 0 amide bonds. The molecule has 4 heteroatoms. The number of benzene rings is 1. The van der Waals surface area contributed by atoms with Crippen LogP contribution in [0.2, 0.25) is 0 Å². The van der Waals surface area contributed by atoms with Crippen molar-refractivity contribution >= 4 is 11.9 Å². The molecular formula is C16H19NO3. The Labute approximate surface area is 119 Å². The Hall–Kier alpha value is -1.90. The highest BCUT2D eigenvalue weighted by Crippen LogP contribution is 2.23. The summed E-state index contributed by atoms with van der Waals surface area (Å²) >= 11 is 0. The molecular weight excluding hydrogens is 254 g/mol. The predicted octanol–water partition coefficient (Wildman–Crippen LogP) is 1.83. The van der Waals surface area contributed by atoms with Crippen LogP contribution in [0.1, 0.15) is 18.9 Å². The molecule has 0 radical (unpaired) electrons. The largest absolute Gasteiger partial charge is 0.465 e. The van der Waals surface area contributed by atoms with Gasteiger partial charge in [-0.3, -0.25) is 9.69 Å². The average Bonchev–Trinajstić information content (AvgIpc) is 2.48. The fourth-order valence-corrected chi connectivity index (χ4v) is 2.48. The van der Waals surface area contributed by atoms with E-state index in [-0.39, 0.29) is 5.97 Å². The van der Waals surface area contributed by atoms with E-state index in [0.717, 1.165) is 13.1 Å². The summed E-state index contributed by atoms with van der Waals surface area (Å²) in [5.74, 6) is 1.13. The van der Waals surface area contributed by atoms with Gasteiger partial charge in [-0.2, -0.15) is 0 Å². The smallest absolute Gasteiger partial charge is 0.315 e. The number of carbonyl (C=O) groups is 1. The summed E-state index contributed by atoms with van der Waals surface area (Å²) in [6, 6.07) is 10.1. The van der Waals surface area contributed by atoms with Crippen LogP contribution in [-0.4, -0.2) is 36.5 Å². The maximum atomic E-state index is 11.9. The maximum Gasteiger partial charge on any atom is 0.315 e. The number of likely N-dealkylation sites (tertiary alicyclic amines) is 1. The standard InChI is InChI=1S/C16H19NO3/c1-2-20-16(19)15-11-17(9-8-14(15)12-18)10-13-6-4-3-5-7-13/h3-7,15H,2,8-11H2,1H3. The van der Waals surface area contributed by atoms with E-state index in [1.54, 1.807) is 6.92 Å². The number of hydrogen-bond acceptors (Lipinski definition) is 4. The van der Waals surface area contributed by atoms with Gasteiger partial charge in [0, 0.05) is 25.2 Å². The third-order valence-corrected chi connectivity index (χ3v) is 3.51. The molecule has 2 rings (SSSR count). The van der Waals surface area contributed by atoms with E-state index in [1.165, 1.54) is 5.56 Å². The van der Waals surface area contributed by atoms with Crippen molar-refractivity contribution in [3.05, 3.63) is 41.5 Å². The Morgan fingerprint density at radius 1 is 1.40 bits per heavy atom. The van der Waals surface area contributed by atoms with Crippen LogP contribution in [0.15, 0.2) is 35.9 Å². The predicted molar refractivity (Wildman–Crippen MR) is 75.7 cm³/mol. The molecule has 1 fully saturated rings. The Balaban J connectivity index is 2.04. The van der Waals surface area contributed by atoms with Gasteiger partial charge in [-0.25, -0.2) is 4.79 Å². The van der Waals surface area contributed by atoms with Crippen LogP contribution in [0.4, 0.5) is 0 Å². The first kappa shape index (κ1) is 14.5. The molecule has 1 aromatic rings. The third-order valence-electron chi connectivity index (χ3n) is 3.51. The molecule has 1 aliphatic rings. The minimum atomic E-state index is -0.468. The van der Waals surface area contributed by atoms with E-state index in [1.807, 2.05) is 24.1 Å². The summed E-state index contributed by atoms with van der Waals surface area (Å²) in [6.45, 7) is 4.18. The average molecular weight is 273 g/mol. The minimum Gasteiger partial charge on any atom is -0.465 e. The van der Waals surface area contributed by atoms with Crippen LogP contribution in [0.3, 0.4) is 0 Å². The SMILES string of the molecule is CCOC(=O)C1CN(Cc2ccccc2)CCC1=C=O. The van der Waals surface area contributed by atoms with Gasteiger partial charge in [0.15, 0.2) is 0 Å². The second-order valence-electron chi connectivity index (χ2n) is 4.90. The number of nitrogens with zero attached hydrogens (tertiary/aromatic N) is 1. The molecule has 1 aromatic carbocycles. The number of carbonyl (C=O) groups excluding carboxylic acids is 2. The van der Waals surface area contributed by atoms with Crippen molar-refractivity contribution in [2.24, 2.45) is 5.92 Å². The molecule has 0 aromatic heterocycles. The molecule has 0 N–H and O–H groups in total. The fraction of sp³-hybridized carbons (Fsp3) is 0.438. The number of ether oxygens (including phenoxy) is 1. The highest BCUT2D eigenvalue weighted by atomic mass is 16.5. The highest BCUT2D eigenvalue weighted by molar-refractivity contribution is 5.79. The lowest BCUT2D eigenvalue weighted by atomic mass is 9.92. The van der Waals surface area contributed by atoms with Crippen LogP contribution in [0.5, 0.6) is 0 Å². The second-order valence-corrected chi connectivity index (χ2v) is 4.90. The van der Waals surface area contributed by atoms with Crippen LogP contribution >= 0.6 is 0 Å². The van der Waals surface area contributed by atoms with Crippen LogP contribution < -0.4 is 0 Å². The Kier molecular flexibility index (Phi) is 5.10. The number of rotatable bonds is 4. The first-order chi connectivity index (χ1) is 9.74. The van der Waals surface area contributed by atoms with E-state index >= 15 is 0 Å². The molecule has 4 nitrogen and oxygen atoms in total. The van der Waals surface area contributed by atoms with Crippen molar-refractivity contribution in [3.63, 3.8) is 0 Å². The van der Waals surface area contributed by atoms with Crippen molar-refractivity contribution in [1.82, 2.24) is 4.90 Å². The van der Waals surface area contributed by atoms with Crippen molar-refractivity contribution < 1.29 is 14.3 Å². The maximum absolute atomic E-state index is 11.9. The van der Waals surface area contributed by atoms with Gasteiger partial charge >= 0.3 is 5.97 Å². The molecule has 1 heterocycles. The molecule has 1 unspecified atom stereocenters. The van der Waals surface area contributed by atoms with Gasteiger partial charge in [0.05, 0.1) is 6.61 Å². The lowest BCUT2D eigenvalue weighted by Crippen LogP contribution is -2.40. The molecule has 1 aliphatic heterocycles. The van der Waals surface area contributed by atoms with Gasteiger partial charge in [0.25, 0.3) is 0 Å². The summed E-state index contributed by atoms with van der Waals surface area (Å²) in [4.78, 5) is 25.1. The van der Waals surface area contributed by atoms with Gasteiger partial charge in [0.2, 0.25) is 0 Å². The van der Waals surface area contributed by atoms with Crippen molar-refractivity contribution in [2.45, 2.75) is 19.9 Å². The van der Waals surface area contributed by atoms with Gasteiger partial charge in [-0.1, -0.05) is 30.3 Å². The normalized spacial score (nSPS) is 19.4.